The van der Waals surface area contributed by atoms with Crippen molar-refractivity contribution in [1.29, 1.82) is 5.26 Å². The molecule has 1 aliphatic carbocycles. The van der Waals surface area contributed by atoms with Gasteiger partial charge in [0.1, 0.15) is 11.9 Å². The Hall–Kier alpha value is -4.25. The first-order valence-electron chi connectivity index (χ1n) is 11.3. The number of hydrogen-bond donors (Lipinski definition) is 0. The Bertz CT molecular complexity index is 1470. The molecule has 1 saturated carbocycles. The average Bonchev–Trinajstić information content (AvgIpc) is 3.51. The van der Waals surface area contributed by atoms with Crippen LogP contribution in [-0.4, -0.2) is 27.7 Å². The van der Waals surface area contributed by atoms with Gasteiger partial charge in [0.15, 0.2) is 29.0 Å². The summed E-state index contributed by atoms with van der Waals surface area (Å²) in [6.07, 6.45) is 9.43. The number of benzene rings is 2. The van der Waals surface area contributed by atoms with Gasteiger partial charge in [-0.2, -0.15) is 5.26 Å². The van der Waals surface area contributed by atoms with Crippen LogP contribution in [0.4, 0.5) is 8.78 Å². The maximum Gasteiger partial charge on any atom is 0.168 e. The Labute approximate surface area is 201 Å². The number of aromatic nitrogens is 3. The highest BCUT2D eigenvalue weighted by Gasteiger charge is 2.21. The van der Waals surface area contributed by atoms with Crippen LogP contribution in [0.2, 0.25) is 0 Å². The number of nitrogens with zero attached hydrogens (tertiary/aromatic N) is 4. The highest BCUT2D eigenvalue weighted by molar-refractivity contribution is 5.83. The molecule has 2 aromatic heterocycles. The lowest BCUT2D eigenvalue weighted by atomic mass is 10.1. The second kappa shape index (κ2) is 9.55. The van der Waals surface area contributed by atoms with Gasteiger partial charge in [0.2, 0.25) is 0 Å². The second-order valence-electron chi connectivity index (χ2n) is 8.28. The zero-order valence-electron chi connectivity index (χ0n) is 19.0. The van der Waals surface area contributed by atoms with E-state index in [2.05, 4.69) is 16.0 Å². The second-order valence-corrected chi connectivity index (χ2v) is 8.28. The summed E-state index contributed by atoms with van der Waals surface area (Å²) in [6.45, 7) is 0. The molecule has 2 aromatic carbocycles. The lowest BCUT2D eigenvalue weighted by molar-refractivity contribution is 0.200. The quantitative estimate of drug-likeness (QED) is 0.341. The lowest BCUT2D eigenvalue weighted by Crippen LogP contribution is -2.12. The van der Waals surface area contributed by atoms with Crippen LogP contribution in [0.5, 0.6) is 11.5 Å². The monoisotopic (exact) mass is 472 g/mol. The number of rotatable bonds is 6. The minimum atomic E-state index is -1.01. The predicted octanol–water partition coefficient (Wildman–Crippen LogP) is 6.07. The van der Waals surface area contributed by atoms with Crippen molar-refractivity contribution in [2.24, 2.45) is 0 Å². The normalized spacial score (nSPS) is 14.0. The summed E-state index contributed by atoms with van der Waals surface area (Å²) in [6, 6.07) is 13.0. The summed E-state index contributed by atoms with van der Waals surface area (Å²) in [4.78, 5) is 8.83. The minimum Gasteiger partial charge on any atom is -0.493 e. The summed E-state index contributed by atoms with van der Waals surface area (Å²) in [7, 11) is 1.59. The molecule has 176 valence electrons. The molecule has 35 heavy (non-hydrogen) atoms. The lowest BCUT2D eigenvalue weighted by Gasteiger charge is -2.18. The van der Waals surface area contributed by atoms with Crippen LogP contribution in [0.1, 0.15) is 42.6 Å². The molecule has 0 atom stereocenters. The van der Waals surface area contributed by atoms with Crippen molar-refractivity contribution in [1.82, 2.24) is 14.5 Å². The smallest absolute Gasteiger partial charge is 0.168 e. The number of fused-ring (bicyclic) bond motifs is 1. The molecule has 5 rings (SSSR count). The average molecular weight is 472 g/mol. The van der Waals surface area contributed by atoms with Crippen molar-refractivity contribution in [3.8, 4) is 23.4 Å². The molecule has 0 N–H and O–H groups in total. The van der Waals surface area contributed by atoms with Crippen molar-refractivity contribution in [2.75, 3.05) is 7.11 Å². The van der Waals surface area contributed by atoms with E-state index in [1.54, 1.807) is 29.9 Å². The number of halogens is 2. The van der Waals surface area contributed by atoms with Gasteiger partial charge >= 0.3 is 0 Å². The summed E-state index contributed by atoms with van der Waals surface area (Å²) < 4.78 is 41.5. The molecule has 0 saturated heterocycles. The van der Waals surface area contributed by atoms with Crippen molar-refractivity contribution < 1.29 is 18.3 Å². The summed E-state index contributed by atoms with van der Waals surface area (Å²) >= 11 is 0. The van der Waals surface area contributed by atoms with Gasteiger partial charge in [-0.25, -0.2) is 18.7 Å². The van der Waals surface area contributed by atoms with Gasteiger partial charge in [-0.05, 0) is 56.0 Å². The fourth-order valence-electron chi connectivity index (χ4n) is 4.38. The molecule has 6 nitrogen and oxygen atoms in total. The van der Waals surface area contributed by atoms with E-state index in [0.717, 1.165) is 43.4 Å². The van der Waals surface area contributed by atoms with Crippen LogP contribution in [0.3, 0.4) is 0 Å². The molecule has 0 amide bonds. The Morgan fingerprint density at radius 1 is 1.09 bits per heavy atom. The first-order chi connectivity index (χ1) is 17.1. The minimum absolute atomic E-state index is 0.126. The van der Waals surface area contributed by atoms with E-state index in [-0.39, 0.29) is 23.0 Å². The SMILES string of the molecule is COc1cccc(/C=C/c2nc3cc(F)c(F)cc3n2-c2ncccc2C#N)c1OC1CCCC1. The van der Waals surface area contributed by atoms with E-state index in [1.165, 1.54) is 6.20 Å². The van der Waals surface area contributed by atoms with Crippen LogP contribution >= 0.6 is 0 Å². The van der Waals surface area contributed by atoms with Crippen molar-refractivity contribution in [2.45, 2.75) is 31.8 Å². The first-order valence-corrected chi connectivity index (χ1v) is 11.3. The Kier molecular flexibility index (Phi) is 6.15. The molecule has 0 unspecified atom stereocenters. The van der Waals surface area contributed by atoms with E-state index in [4.69, 9.17) is 9.47 Å². The molecule has 4 aromatic rings. The maximum absolute atomic E-state index is 14.2. The molecule has 0 aliphatic heterocycles. The van der Waals surface area contributed by atoms with Gasteiger partial charge in [-0.1, -0.05) is 12.1 Å². The highest BCUT2D eigenvalue weighted by atomic mass is 19.2. The number of nitriles is 1. The molecule has 0 spiro atoms. The Balaban J connectivity index is 1.65. The van der Waals surface area contributed by atoms with E-state index >= 15 is 0 Å². The van der Waals surface area contributed by atoms with Crippen LogP contribution < -0.4 is 9.47 Å². The van der Waals surface area contributed by atoms with Crippen LogP contribution in [0.25, 0.3) is 29.0 Å². The molecular weight excluding hydrogens is 450 g/mol. The number of pyridine rings is 1. The molecule has 0 bridgehead atoms. The fraction of sp³-hybridized carbons (Fsp3) is 0.222. The number of hydrogen-bond acceptors (Lipinski definition) is 5. The van der Waals surface area contributed by atoms with E-state index in [9.17, 15) is 14.0 Å². The summed E-state index contributed by atoms with van der Waals surface area (Å²) in [5.74, 6) is -0.129. The Morgan fingerprint density at radius 2 is 1.89 bits per heavy atom. The molecule has 1 fully saturated rings. The standard InChI is InChI=1S/C27H22F2N4O2/c1-34-24-10-4-6-17(26(24)35-19-8-2-3-9-19)11-12-25-32-22-14-20(28)21(29)15-23(22)33(25)27-18(16-30)7-5-13-31-27/h4-7,10-15,19H,2-3,8-9H2,1H3/b12-11+. The van der Waals surface area contributed by atoms with E-state index < -0.39 is 11.6 Å². The van der Waals surface area contributed by atoms with Gasteiger partial charge in [-0.3, -0.25) is 4.57 Å². The predicted molar refractivity (Wildman–Crippen MR) is 128 cm³/mol. The van der Waals surface area contributed by atoms with Crippen molar-refractivity contribution in [3.63, 3.8) is 0 Å². The van der Waals surface area contributed by atoms with Crippen LogP contribution in [-0.2, 0) is 0 Å². The zero-order valence-corrected chi connectivity index (χ0v) is 19.0. The molecule has 8 heteroatoms. The van der Waals surface area contributed by atoms with E-state index in [0.29, 0.717) is 22.8 Å². The van der Waals surface area contributed by atoms with Gasteiger partial charge in [0.05, 0.1) is 29.8 Å². The highest BCUT2D eigenvalue weighted by Crippen LogP contribution is 2.36. The molecule has 2 heterocycles. The summed E-state index contributed by atoms with van der Waals surface area (Å²) in [5, 5.41) is 9.61. The van der Waals surface area contributed by atoms with E-state index in [1.807, 2.05) is 24.3 Å². The number of para-hydroxylation sites is 1. The number of ether oxygens (including phenoxy) is 2. The number of imidazole rings is 1. The van der Waals surface area contributed by atoms with Crippen LogP contribution in [0.15, 0.2) is 48.7 Å². The van der Waals surface area contributed by atoms with Gasteiger partial charge in [-0.15, -0.1) is 0 Å². The molecule has 0 radical (unpaired) electrons. The van der Waals surface area contributed by atoms with Gasteiger partial charge in [0, 0.05) is 23.9 Å². The summed E-state index contributed by atoms with van der Waals surface area (Å²) in [5.41, 5.74) is 1.59. The first kappa shape index (κ1) is 22.5. The Morgan fingerprint density at radius 3 is 2.66 bits per heavy atom. The van der Waals surface area contributed by atoms with Gasteiger partial charge in [0.25, 0.3) is 0 Å². The van der Waals surface area contributed by atoms with Crippen molar-refractivity contribution >= 4 is 23.2 Å². The fourth-order valence-corrected chi connectivity index (χ4v) is 4.38. The zero-order chi connectivity index (χ0) is 24.4. The third-order valence-electron chi connectivity index (χ3n) is 6.07. The third kappa shape index (κ3) is 4.33. The van der Waals surface area contributed by atoms with Crippen molar-refractivity contribution in [3.05, 3.63) is 77.2 Å². The maximum atomic E-state index is 14.2. The topological polar surface area (TPSA) is 73.0 Å². The largest absolute Gasteiger partial charge is 0.493 e. The van der Waals surface area contributed by atoms with Crippen LogP contribution in [0, 0.1) is 23.0 Å². The van der Waals surface area contributed by atoms with Gasteiger partial charge < -0.3 is 9.47 Å². The molecule has 1 aliphatic rings. The number of methoxy groups -OCH3 is 1. The molecular formula is C27H22F2N4O2. The third-order valence-corrected chi connectivity index (χ3v) is 6.07.